The molecule has 0 unspecified atom stereocenters. The van der Waals surface area contributed by atoms with Gasteiger partial charge >= 0.3 is 5.97 Å². The summed E-state index contributed by atoms with van der Waals surface area (Å²) in [6, 6.07) is 14.3. The highest BCUT2D eigenvalue weighted by molar-refractivity contribution is 7.10. The minimum Gasteiger partial charge on any atom is -0.465 e. The number of esters is 1. The number of carbonyl (C=O) groups excluding carboxylic acids is 1. The normalized spacial score (nSPS) is 15.0. The van der Waals surface area contributed by atoms with Crippen molar-refractivity contribution in [2.24, 2.45) is 0 Å². The van der Waals surface area contributed by atoms with Gasteiger partial charge in [-0.2, -0.15) is 0 Å². The maximum Gasteiger partial charge on any atom is 0.337 e. The molecule has 8 heteroatoms. The van der Waals surface area contributed by atoms with Gasteiger partial charge in [0.25, 0.3) is 5.69 Å². The van der Waals surface area contributed by atoms with E-state index in [4.69, 9.17) is 9.72 Å². The van der Waals surface area contributed by atoms with Crippen LogP contribution < -0.4 is 0 Å². The molecular weight excluding hydrogens is 414 g/mol. The summed E-state index contributed by atoms with van der Waals surface area (Å²) in [5.74, 6) is 0.0398. The highest BCUT2D eigenvalue weighted by atomic mass is 32.1. The van der Waals surface area contributed by atoms with Crippen molar-refractivity contribution in [1.82, 2.24) is 9.88 Å². The number of para-hydroxylation sites is 1. The molecule has 1 aliphatic heterocycles. The van der Waals surface area contributed by atoms with Gasteiger partial charge in [-0.1, -0.05) is 24.3 Å². The molecule has 2 aromatic carbocycles. The maximum absolute atomic E-state index is 11.7. The van der Waals surface area contributed by atoms with Crippen LogP contribution >= 0.6 is 11.3 Å². The highest BCUT2D eigenvalue weighted by Gasteiger charge is 2.24. The van der Waals surface area contributed by atoms with Crippen LogP contribution in [-0.2, 0) is 11.3 Å². The Labute approximate surface area is 184 Å². The number of likely N-dealkylation sites (tertiary alicyclic amines) is 1. The van der Waals surface area contributed by atoms with Crippen molar-refractivity contribution >= 4 is 23.0 Å². The Morgan fingerprint density at radius 2 is 2.00 bits per heavy atom. The predicted octanol–water partition coefficient (Wildman–Crippen LogP) is 4.88. The number of nitro benzene ring substituents is 1. The van der Waals surface area contributed by atoms with Crippen LogP contribution in [0.5, 0.6) is 0 Å². The smallest absolute Gasteiger partial charge is 0.337 e. The molecule has 31 heavy (non-hydrogen) atoms. The Morgan fingerprint density at radius 3 is 2.74 bits per heavy atom. The third kappa shape index (κ3) is 4.81. The lowest BCUT2D eigenvalue weighted by molar-refractivity contribution is -0.384. The lowest BCUT2D eigenvalue weighted by Crippen LogP contribution is -2.32. The number of rotatable bonds is 6. The summed E-state index contributed by atoms with van der Waals surface area (Å²) < 4.78 is 4.80. The number of thiazole rings is 1. The summed E-state index contributed by atoms with van der Waals surface area (Å²) in [4.78, 5) is 29.8. The molecule has 0 saturated carbocycles. The minimum absolute atomic E-state index is 0.0864. The van der Waals surface area contributed by atoms with Crippen molar-refractivity contribution in [1.29, 1.82) is 0 Å². The number of aromatic nitrogens is 1. The Hall–Kier alpha value is -3.10. The Morgan fingerprint density at radius 1 is 1.23 bits per heavy atom. The molecule has 2 heterocycles. The van der Waals surface area contributed by atoms with Crippen LogP contribution in [0.2, 0.25) is 0 Å². The first-order chi connectivity index (χ1) is 15.0. The number of carbonyl (C=O) groups is 1. The van der Waals surface area contributed by atoms with E-state index in [-0.39, 0.29) is 16.6 Å². The second kappa shape index (κ2) is 9.36. The van der Waals surface area contributed by atoms with Gasteiger partial charge in [0.1, 0.15) is 0 Å². The zero-order valence-electron chi connectivity index (χ0n) is 17.2. The molecule has 0 bridgehead atoms. The van der Waals surface area contributed by atoms with Crippen LogP contribution in [0.15, 0.2) is 53.9 Å². The fourth-order valence-electron chi connectivity index (χ4n) is 3.96. The molecular formula is C23H23N3O4S. The fourth-order valence-corrected chi connectivity index (χ4v) is 4.95. The van der Waals surface area contributed by atoms with E-state index >= 15 is 0 Å². The van der Waals surface area contributed by atoms with E-state index in [1.54, 1.807) is 35.6 Å². The fraction of sp³-hybridized carbons (Fsp3) is 0.304. The number of benzene rings is 2. The quantitative estimate of drug-likeness (QED) is 0.310. The van der Waals surface area contributed by atoms with Gasteiger partial charge in [-0.15, -0.1) is 11.3 Å². The summed E-state index contributed by atoms with van der Waals surface area (Å²) in [6.45, 7) is 2.66. The number of nitro groups is 1. The van der Waals surface area contributed by atoms with Gasteiger partial charge in [-0.25, -0.2) is 9.78 Å². The van der Waals surface area contributed by atoms with E-state index in [1.165, 1.54) is 13.2 Å². The van der Waals surface area contributed by atoms with E-state index in [1.807, 2.05) is 23.6 Å². The second-order valence-corrected chi connectivity index (χ2v) is 8.48. The molecule has 1 aliphatic rings. The molecule has 1 fully saturated rings. The SMILES string of the molecule is COC(=O)c1cccc(CN2CCC(c3nc(-c4ccccc4[N+](=O)[O-])cs3)CC2)c1. The molecule has 0 atom stereocenters. The molecule has 1 aromatic heterocycles. The molecule has 7 nitrogen and oxygen atoms in total. The predicted molar refractivity (Wildman–Crippen MR) is 119 cm³/mol. The van der Waals surface area contributed by atoms with Crippen molar-refractivity contribution in [3.63, 3.8) is 0 Å². The molecule has 0 N–H and O–H groups in total. The minimum atomic E-state index is -0.359. The lowest BCUT2D eigenvalue weighted by atomic mass is 9.97. The van der Waals surface area contributed by atoms with E-state index in [9.17, 15) is 14.9 Å². The van der Waals surface area contributed by atoms with Crippen LogP contribution in [-0.4, -0.2) is 41.0 Å². The van der Waals surface area contributed by atoms with Gasteiger partial charge in [0, 0.05) is 23.9 Å². The van der Waals surface area contributed by atoms with Gasteiger partial charge in [-0.3, -0.25) is 15.0 Å². The third-order valence-electron chi connectivity index (χ3n) is 5.59. The van der Waals surface area contributed by atoms with E-state index in [2.05, 4.69) is 4.90 Å². The molecule has 160 valence electrons. The maximum atomic E-state index is 11.7. The number of methoxy groups -OCH3 is 1. The van der Waals surface area contributed by atoms with Gasteiger partial charge < -0.3 is 4.74 Å². The second-order valence-electron chi connectivity index (χ2n) is 7.59. The van der Waals surface area contributed by atoms with E-state index < -0.39 is 0 Å². The molecule has 0 aliphatic carbocycles. The summed E-state index contributed by atoms with van der Waals surface area (Å²) in [5, 5.41) is 14.3. The monoisotopic (exact) mass is 437 g/mol. The first-order valence-corrected chi connectivity index (χ1v) is 11.0. The zero-order valence-corrected chi connectivity index (χ0v) is 18.0. The lowest BCUT2D eigenvalue weighted by Gasteiger charge is -2.31. The number of hydrogen-bond acceptors (Lipinski definition) is 7. The molecule has 0 radical (unpaired) electrons. The van der Waals surface area contributed by atoms with Crippen LogP contribution in [0, 0.1) is 10.1 Å². The van der Waals surface area contributed by atoms with Crippen molar-refractivity contribution in [2.45, 2.75) is 25.3 Å². The Bertz CT molecular complexity index is 1090. The van der Waals surface area contributed by atoms with Crippen LogP contribution in [0.4, 0.5) is 5.69 Å². The molecule has 0 spiro atoms. The van der Waals surface area contributed by atoms with Gasteiger partial charge in [0.2, 0.25) is 0 Å². The number of ether oxygens (including phenoxy) is 1. The Kier molecular flexibility index (Phi) is 6.39. The molecule has 0 amide bonds. The van der Waals surface area contributed by atoms with Crippen LogP contribution in [0.3, 0.4) is 0 Å². The van der Waals surface area contributed by atoms with Crippen molar-refractivity contribution in [3.8, 4) is 11.3 Å². The summed E-state index contributed by atoms with van der Waals surface area (Å²) in [7, 11) is 1.39. The summed E-state index contributed by atoms with van der Waals surface area (Å²) in [6.07, 6.45) is 1.97. The molecule has 3 aromatic rings. The van der Waals surface area contributed by atoms with Crippen molar-refractivity contribution in [2.75, 3.05) is 20.2 Å². The largest absolute Gasteiger partial charge is 0.465 e. The number of piperidine rings is 1. The topological polar surface area (TPSA) is 85.6 Å². The van der Waals surface area contributed by atoms with Crippen molar-refractivity contribution in [3.05, 3.63) is 80.2 Å². The highest BCUT2D eigenvalue weighted by Crippen LogP contribution is 2.35. The molecule has 4 rings (SSSR count). The first-order valence-electron chi connectivity index (χ1n) is 10.1. The third-order valence-corrected chi connectivity index (χ3v) is 6.60. The summed E-state index contributed by atoms with van der Waals surface area (Å²) in [5.41, 5.74) is 2.99. The van der Waals surface area contributed by atoms with Gasteiger partial charge in [-0.05, 0) is 49.7 Å². The summed E-state index contributed by atoms with van der Waals surface area (Å²) >= 11 is 1.58. The van der Waals surface area contributed by atoms with Gasteiger partial charge in [0.15, 0.2) is 0 Å². The van der Waals surface area contributed by atoms with E-state index in [0.29, 0.717) is 22.7 Å². The standard InChI is InChI=1S/C23H23N3O4S/c1-30-23(27)18-6-4-5-16(13-18)14-25-11-9-17(10-12-25)22-24-20(15-31-22)19-7-2-3-8-21(19)26(28)29/h2-8,13,15,17H,9-12,14H2,1H3. The van der Waals surface area contributed by atoms with Crippen molar-refractivity contribution < 1.29 is 14.5 Å². The Balaban J connectivity index is 1.39. The van der Waals surface area contributed by atoms with Gasteiger partial charge in [0.05, 0.1) is 33.9 Å². The van der Waals surface area contributed by atoms with Crippen LogP contribution in [0.25, 0.3) is 11.3 Å². The number of nitrogens with zero attached hydrogens (tertiary/aromatic N) is 3. The first kappa shape index (κ1) is 21.1. The average molecular weight is 438 g/mol. The average Bonchev–Trinajstić information content (AvgIpc) is 3.29. The van der Waals surface area contributed by atoms with E-state index in [0.717, 1.165) is 43.0 Å². The molecule has 1 saturated heterocycles. The zero-order chi connectivity index (χ0) is 21.8. The number of hydrogen-bond donors (Lipinski definition) is 0. The van der Waals surface area contributed by atoms with Crippen LogP contribution in [0.1, 0.15) is 39.7 Å².